The average Bonchev–Trinajstić information content (AvgIpc) is 2.55. The molecule has 1 atom stereocenters. The zero-order chi connectivity index (χ0) is 18.4. The third-order valence-electron chi connectivity index (χ3n) is 3.82. The summed E-state index contributed by atoms with van der Waals surface area (Å²) in [5, 5.41) is 2.91. The monoisotopic (exact) mass is 350 g/mol. The number of halogens is 3. The molecule has 0 bridgehead atoms. The van der Waals surface area contributed by atoms with Gasteiger partial charge in [0.2, 0.25) is 5.91 Å². The minimum atomic E-state index is -4.34. The Bertz CT molecular complexity index is 684. The van der Waals surface area contributed by atoms with Crippen molar-refractivity contribution in [1.29, 1.82) is 0 Å². The van der Waals surface area contributed by atoms with Gasteiger partial charge in [-0.1, -0.05) is 42.5 Å². The molecule has 2 aromatic rings. The first kappa shape index (κ1) is 19.0. The van der Waals surface area contributed by atoms with Crippen molar-refractivity contribution < 1.29 is 18.0 Å². The fourth-order valence-corrected chi connectivity index (χ4v) is 2.52. The summed E-state index contributed by atoms with van der Waals surface area (Å²) in [6.07, 6.45) is -4.34. The zero-order valence-corrected chi connectivity index (χ0v) is 14.2. The lowest BCUT2D eigenvalue weighted by Crippen LogP contribution is -2.36. The van der Waals surface area contributed by atoms with Crippen LogP contribution in [-0.4, -0.2) is 24.4 Å². The van der Waals surface area contributed by atoms with Gasteiger partial charge in [0.25, 0.3) is 0 Å². The third-order valence-corrected chi connectivity index (χ3v) is 3.82. The number of nitrogens with one attached hydrogen (secondary N) is 1. The van der Waals surface area contributed by atoms with Crippen LogP contribution in [0, 0.1) is 0 Å². The molecule has 0 aliphatic rings. The second-order valence-corrected chi connectivity index (χ2v) is 6.07. The molecular formula is C19H21F3N2O. The molecule has 0 aliphatic heterocycles. The first-order valence-electron chi connectivity index (χ1n) is 7.94. The van der Waals surface area contributed by atoms with E-state index in [1.165, 1.54) is 12.1 Å². The second-order valence-electron chi connectivity index (χ2n) is 6.07. The predicted octanol–water partition coefficient (Wildman–Crippen LogP) is 4.01. The first-order chi connectivity index (χ1) is 11.8. The van der Waals surface area contributed by atoms with Gasteiger partial charge < -0.3 is 5.32 Å². The van der Waals surface area contributed by atoms with Gasteiger partial charge in [-0.2, -0.15) is 13.2 Å². The summed E-state index contributed by atoms with van der Waals surface area (Å²) in [4.78, 5) is 13.9. The molecule has 0 aromatic heterocycles. The molecule has 1 N–H and O–H groups in total. The quantitative estimate of drug-likeness (QED) is 0.854. The van der Waals surface area contributed by atoms with Gasteiger partial charge in [-0.3, -0.25) is 9.69 Å². The van der Waals surface area contributed by atoms with Crippen LogP contribution in [-0.2, 0) is 17.5 Å². The van der Waals surface area contributed by atoms with Crippen molar-refractivity contribution in [3.8, 4) is 0 Å². The molecule has 0 aliphatic carbocycles. The number of alkyl halides is 3. The van der Waals surface area contributed by atoms with Crippen LogP contribution >= 0.6 is 0 Å². The molecule has 2 rings (SSSR count). The lowest BCUT2D eigenvalue weighted by atomic mass is 10.1. The Morgan fingerprint density at radius 1 is 1.08 bits per heavy atom. The van der Waals surface area contributed by atoms with Gasteiger partial charge in [0.05, 0.1) is 18.2 Å². The molecule has 0 spiro atoms. The van der Waals surface area contributed by atoms with E-state index in [0.29, 0.717) is 6.54 Å². The molecule has 0 heterocycles. The number of benzene rings is 2. The maximum atomic E-state index is 12.6. The van der Waals surface area contributed by atoms with Gasteiger partial charge in [-0.15, -0.1) is 0 Å². The van der Waals surface area contributed by atoms with Crippen molar-refractivity contribution in [1.82, 2.24) is 10.2 Å². The number of hydrogen-bond donors (Lipinski definition) is 1. The number of rotatable bonds is 6. The van der Waals surface area contributed by atoms with E-state index in [4.69, 9.17) is 0 Å². The Morgan fingerprint density at radius 3 is 2.24 bits per heavy atom. The van der Waals surface area contributed by atoms with Crippen molar-refractivity contribution in [3.63, 3.8) is 0 Å². The molecule has 2 aromatic carbocycles. The number of carbonyl (C=O) groups excluding carboxylic acids is 1. The standard InChI is InChI=1S/C19H21F3N2O/c1-14(16-6-4-3-5-7-16)23-18(25)13-24(2)12-15-8-10-17(11-9-15)19(20,21)22/h3-11,14H,12-13H2,1-2H3,(H,23,25)/t14-/m1/s1. The third kappa shape index (κ3) is 5.90. The van der Waals surface area contributed by atoms with Gasteiger partial charge in [-0.05, 0) is 37.2 Å². The summed E-state index contributed by atoms with van der Waals surface area (Å²) in [6, 6.07) is 14.5. The van der Waals surface area contributed by atoms with Crippen LogP contribution < -0.4 is 5.32 Å². The first-order valence-corrected chi connectivity index (χ1v) is 7.94. The van der Waals surface area contributed by atoms with Crippen molar-refractivity contribution in [2.75, 3.05) is 13.6 Å². The fourth-order valence-electron chi connectivity index (χ4n) is 2.52. The van der Waals surface area contributed by atoms with Crippen LogP contribution in [0.5, 0.6) is 0 Å². The van der Waals surface area contributed by atoms with Crippen molar-refractivity contribution in [3.05, 3.63) is 71.3 Å². The molecule has 0 saturated heterocycles. The van der Waals surface area contributed by atoms with Crippen LogP contribution in [0.4, 0.5) is 13.2 Å². The molecule has 1 amide bonds. The molecule has 25 heavy (non-hydrogen) atoms. The highest BCUT2D eigenvalue weighted by molar-refractivity contribution is 5.78. The smallest absolute Gasteiger partial charge is 0.348 e. The van der Waals surface area contributed by atoms with Crippen molar-refractivity contribution in [2.45, 2.75) is 25.7 Å². The highest BCUT2D eigenvalue weighted by Crippen LogP contribution is 2.29. The van der Waals surface area contributed by atoms with E-state index in [1.807, 2.05) is 37.3 Å². The molecule has 0 unspecified atom stereocenters. The SMILES string of the molecule is C[C@@H](NC(=O)CN(C)Cc1ccc(C(F)(F)F)cc1)c1ccccc1. The molecule has 0 radical (unpaired) electrons. The van der Waals surface area contributed by atoms with E-state index in [1.54, 1.807) is 11.9 Å². The fraction of sp³-hybridized carbons (Fsp3) is 0.316. The van der Waals surface area contributed by atoms with Gasteiger partial charge in [0, 0.05) is 6.54 Å². The van der Waals surface area contributed by atoms with Gasteiger partial charge in [0.15, 0.2) is 0 Å². The van der Waals surface area contributed by atoms with E-state index in [-0.39, 0.29) is 18.5 Å². The number of likely N-dealkylation sites (N-methyl/N-ethyl adjacent to an activating group) is 1. The Hall–Kier alpha value is -2.34. The van der Waals surface area contributed by atoms with Gasteiger partial charge in [-0.25, -0.2) is 0 Å². The summed E-state index contributed by atoms with van der Waals surface area (Å²) in [5.74, 6) is -0.134. The summed E-state index contributed by atoms with van der Waals surface area (Å²) in [6.45, 7) is 2.46. The minimum absolute atomic E-state index is 0.104. The van der Waals surface area contributed by atoms with Crippen LogP contribution in [0.25, 0.3) is 0 Å². The van der Waals surface area contributed by atoms with E-state index >= 15 is 0 Å². The van der Waals surface area contributed by atoms with Crippen LogP contribution in [0.1, 0.15) is 29.7 Å². The Labute approximate surface area is 145 Å². The van der Waals surface area contributed by atoms with E-state index in [2.05, 4.69) is 5.32 Å². The molecule has 0 fully saturated rings. The molecule has 0 saturated carbocycles. The van der Waals surface area contributed by atoms with Crippen LogP contribution in [0.3, 0.4) is 0 Å². The lowest BCUT2D eigenvalue weighted by Gasteiger charge is -2.19. The lowest BCUT2D eigenvalue weighted by molar-refractivity contribution is -0.137. The molecule has 3 nitrogen and oxygen atoms in total. The predicted molar refractivity (Wildman–Crippen MR) is 90.8 cm³/mol. The minimum Gasteiger partial charge on any atom is -0.348 e. The topological polar surface area (TPSA) is 32.3 Å². The molecule has 6 heteroatoms. The summed E-state index contributed by atoms with van der Waals surface area (Å²) in [7, 11) is 1.75. The van der Waals surface area contributed by atoms with Crippen LogP contribution in [0.15, 0.2) is 54.6 Å². The average molecular weight is 350 g/mol. The summed E-state index contributed by atoms with van der Waals surface area (Å²) in [5.41, 5.74) is 1.06. The normalized spacial score (nSPS) is 12.9. The number of carbonyl (C=O) groups is 1. The zero-order valence-electron chi connectivity index (χ0n) is 14.2. The number of hydrogen-bond acceptors (Lipinski definition) is 2. The maximum Gasteiger partial charge on any atom is 0.416 e. The summed E-state index contributed by atoms with van der Waals surface area (Å²) < 4.78 is 37.7. The maximum absolute atomic E-state index is 12.6. The molecule has 134 valence electrons. The second kappa shape index (κ2) is 8.16. The van der Waals surface area contributed by atoms with E-state index < -0.39 is 11.7 Å². The van der Waals surface area contributed by atoms with Crippen molar-refractivity contribution in [2.24, 2.45) is 0 Å². The highest BCUT2D eigenvalue weighted by atomic mass is 19.4. The number of nitrogens with zero attached hydrogens (tertiary/aromatic N) is 1. The van der Waals surface area contributed by atoms with E-state index in [9.17, 15) is 18.0 Å². The Morgan fingerprint density at radius 2 is 1.68 bits per heavy atom. The number of amides is 1. The highest BCUT2D eigenvalue weighted by Gasteiger charge is 2.29. The van der Waals surface area contributed by atoms with Crippen molar-refractivity contribution >= 4 is 5.91 Å². The largest absolute Gasteiger partial charge is 0.416 e. The molecular weight excluding hydrogens is 329 g/mol. The van der Waals surface area contributed by atoms with Gasteiger partial charge >= 0.3 is 6.18 Å². The van der Waals surface area contributed by atoms with Crippen LogP contribution in [0.2, 0.25) is 0 Å². The van der Waals surface area contributed by atoms with E-state index in [0.717, 1.165) is 23.3 Å². The van der Waals surface area contributed by atoms with Gasteiger partial charge in [0.1, 0.15) is 0 Å². The Kier molecular flexibility index (Phi) is 6.20. The summed E-state index contributed by atoms with van der Waals surface area (Å²) >= 11 is 0. The Balaban J connectivity index is 1.85.